The molecular formula is C39H43N5O2. The Hall–Kier alpha value is -4.75. The number of amides is 2. The molecule has 0 bridgehead atoms. The first-order valence-corrected chi connectivity index (χ1v) is 16.2. The van der Waals surface area contributed by atoms with Crippen LogP contribution in [-0.2, 0) is 16.6 Å². The van der Waals surface area contributed by atoms with Crippen LogP contribution >= 0.6 is 0 Å². The van der Waals surface area contributed by atoms with Gasteiger partial charge >= 0.3 is 6.03 Å². The van der Waals surface area contributed by atoms with Gasteiger partial charge in [-0.1, -0.05) is 99.1 Å². The first kappa shape index (κ1) is 31.2. The Balaban J connectivity index is 1.30. The number of anilines is 2. The molecule has 4 aromatic carbocycles. The second-order valence-electron chi connectivity index (χ2n) is 13.4. The van der Waals surface area contributed by atoms with Crippen molar-refractivity contribution in [3.63, 3.8) is 0 Å². The molecule has 2 heterocycles. The molecular weight excluding hydrogens is 570 g/mol. The molecule has 0 saturated carbocycles. The summed E-state index contributed by atoms with van der Waals surface area (Å²) in [5, 5.41) is 16.7. The maximum atomic E-state index is 14.3. The Kier molecular flexibility index (Phi) is 9.04. The summed E-state index contributed by atoms with van der Waals surface area (Å²) in [6.45, 7) is 10.1. The van der Waals surface area contributed by atoms with Crippen molar-refractivity contribution in [3.8, 4) is 5.69 Å². The normalized spacial score (nSPS) is 14.6. The van der Waals surface area contributed by atoms with Gasteiger partial charge in [-0.2, -0.15) is 5.10 Å². The third-order valence-electron chi connectivity index (χ3n) is 8.99. The van der Waals surface area contributed by atoms with E-state index in [1.807, 2.05) is 79.7 Å². The number of aryl methyl sites for hydroxylation is 1. The quantitative estimate of drug-likeness (QED) is 0.165. The minimum atomic E-state index is -0.383. The third-order valence-corrected chi connectivity index (χ3v) is 8.99. The average molecular weight is 614 g/mol. The minimum absolute atomic E-state index is 0.171. The minimum Gasteiger partial charge on any atom is -0.317 e. The van der Waals surface area contributed by atoms with Gasteiger partial charge in [-0.25, -0.2) is 9.48 Å². The summed E-state index contributed by atoms with van der Waals surface area (Å²) in [5.74, 6) is 0.575. The van der Waals surface area contributed by atoms with Crippen LogP contribution in [0, 0.1) is 12.8 Å². The molecule has 0 aliphatic carbocycles. The van der Waals surface area contributed by atoms with Crippen molar-refractivity contribution in [2.24, 2.45) is 5.92 Å². The highest BCUT2D eigenvalue weighted by molar-refractivity contribution is 6.01. The monoisotopic (exact) mass is 613 g/mol. The Morgan fingerprint density at radius 1 is 0.891 bits per heavy atom. The number of ketones is 1. The third kappa shape index (κ3) is 6.90. The van der Waals surface area contributed by atoms with Crippen LogP contribution < -0.4 is 16.0 Å². The molecule has 1 aromatic heterocycles. The predicted octanol–water partition coefficient (Wildman–Crippen LogP) is 8.17. The van der Waals surface area contributed by atoms with Crippen molar-refractivity contribution < 1.29 is 9.59 Å². The number of urea groups is 1. The number of carbonyl (C=O) groups is 2. The molecule has 5 aromatic rings. The van der Waals surface area contributed by atoms with Gasteiger partial charge in [0.25, 0.3) is 0 Å². The molecule has 1 saturated heterocycles. The van der Waals surface area contributed by atoms with E-state index in [1.165, 1.54) is 0 Å². The number of para-hydroxylation sites is 1. The summed E-state index contributed by atoms with van der Waals surface area (Å²) in [5.41, 5.74) is 5.21. The van der Waals surface area contributed by atoms with Crippen LogP contribution in [0.5, 0.6) is 0 Å². The molecule has 7 heteroatoms. The summed E-state index contributed by atoms with van der Waals surface area (Å²) in [4.78, 5) is 28.0. The SMILES string of the molecule is Cc1ccc(-n2nc(C(C)(C)C)cc2NC(=O)Nc2ccccc2C(C(=O)Cc2cccc3ccccc23)C2CCNCC2)cc1. The molecule has 1 aliphatic heterocycles. The van der Waals surface area contributed by atoms with Crippen LogP contribution in [0.4, 0.5) is 16.3 Å². The Bertz CT molecular complexity index is 1840. The van der Waals surface area contributed by atoms with Crippen molar-refractivity contribution in [1.29, 1.82) is 0 Å². The highest BCUT2D eigenvalue weighted by atomic mass is 16.2. The van der Waals surface area contributed by atoms with Crippen LogP contribution in [0.2, 0.25) is 0 Å². The topological polar surface area (TPSA) is 88.1 Å². The molecule has 3 N–H and O–H groups in total. The zero-order valence-corrected chi connectivity index (χ0v) is 27.1. The largest absolute Gasteiger partial charge is 0.324 e. The predicted molar refractivity (Wildman–Crippen MR) is 187 cm³/mol. The maximum absolute atomic E-state index is 14.3. The lowest BCUT2D eigenvalue weighted by Crippen LogP contribution is -2.34. The smallest absolute Gasteiger partial charge is 0.317 e. The number of nitrogens with one attached hydrogen (secondary N) is 3. The number of hydrogen-bond donors (Lipinski definition) is 3. The van der Waals surface area contributed by atoms with Crippen molar-refractivity contribution in [2.75, 3.05) is 23.7 Å². The van der Waals surface area contributed by atoms with E-state index in [0.29, 0.717) is 17.9 Å². The number of aromatic nitrogens is 2. The fourth-order valence-electron chi connectivity index (χ4n) is 6.48. The first-order valence-electron chi connectivity index (χ1n) is 16.2. The molecule has 1 unspecified atom stereocenters. The zero-order valence-electron chi connectivity index (χ0n) is 27.1. The number of carbonyl (C=O) groups excluding carboxylic acids is 2. The van der Waals surface area contributed by atoms with Crippen molar-refractivity contribution >= 4 is 34.1 Å². The van der Waals surface area contributed by atoms with Crippen LogP contribution in [0.3, 0.4) is 0 Å². The Morgan fingerprint density at radius 2 is 1.59 bits per heavy atom. The van der Waals surface area contributed by atoms with Gasteiger partial charge in [0.2, 0.25) is 0 Å². The van der Waals surface area contributed by atoms with Gasteiger partial charge in [0.05, 0.1) is 11.4 Å². The molecule has 236 valence electrons. The van der Waals surface area contributed by atoms with Crippen molar-refractivity contribution in [1.82, 2.24) is 15.1 Å². The van der Waals surface area contributed by atoms with E-state index in [4.69, 9.17) is 5.10 Å². The molecule has 2 amide bonds. The van der Waals surface area contributed by atoms with Gasteiger partial charge in [0, 0.05) is 29.5 Å². The number of hydrogen-bond acceptors (Lipinski definition) is 4. The summed E-state index contributed by atoms with van der Waals surface area (Å²) in [6, 6.07) is 31.7. The van der Waals surface area contributed by atoms with Gasteiger partial charge in [-0.3, -0.25) is 10.1 Å². The second kappa shape index (κ2) is 13.3. The van der Waals surface area contributed by atoms with E-state index in [1.54, 1.807) is 4.68 Å². The fraction of sp³-hybridized carbons (Fsp3) is 0.308. The molecule has 1 fully saturated rings. The van der Waals surface area contributed by atoms with E-state index in [2.05, 4.69) is 61.0 Å². The first-order chi connectivity index (χ1) is 22.2. The molecule has 1 atom stereocenters. The van der Waals surface area contributed by atoms with Crippen LogP contribution in [0.25, 0.3) is 16.5 Å². The maximum Gasteiger partial charge on any atom is 0.324 e. The number of nitrogens with zero attached hydrogens (tertiary/aromatic N) is 2. The lowest BCUT2D eigenvalue weighted by molar-refractivity contribution is -0.121. The second-order valence-corrected chi connectivity index (χ2v) is 13.4. The van der Waals surface area contributed by atoms with Crippen LogP contribution in [0.15, 0.2) is 97.1 Å². The summed E-state index contributed by atoms with van der Waals surface area (Å²) < 4.78 is 1.77. The number of Topliss-reactive ketones (excluding diaryl/α,β-unsaturated/α-hetero) is 1. The summed E-state index contributed by atoms with van der Waals surface area (Å²) in [6.07, 6.45) is 2.14. The average Bonchev–Trinajstić information content (AvgIpc) is 3.47. The van der Waals surface area contributed by atoms with Crippen molar-refractivity contribution in [3.05, 3.63) is 119 Å². The highest BCUT2D eigenvalue weighted by Gasteiger charge is 2.33. The summed E-state index contributed by atoms with van der Waals surface area (Å²) in [7, 11) is 0. The lowest BCUT2D eigenvalue weighted by atomic mass is 9.76. The van der Waals surface area contributed by atoms with E-state index in [0.717, 1.165) is 64.8 Å². The van der Waals surface area contributed by atoms with Crippen molar-refractivity contribution in [2.45, 2.75) is 58.3 Å². The van der Waals surface area contributed by atoms with Gasteiger partial charge in [0.1, 0.15) is 11.6 Å². The number of rotatable bonds is 8. The Morgan fingerprint density at radius 3 is 2.35 bits per heavy atom. The number of fused-ring (bicyclic) bond motifs is 1. The fourth-order valence-corrected chi connectivity index (χ4v) is 6.48. The molecule has 46 heavy (non-hydrogen) atoms. The van der Waals surface area contributed by atoms with E-state index < -0.39 is 0 Å². The van der Waals surface area contributed by atoms with E-state index in [9.17, 15) is 9.59 Å². The lowest BCUT2D eigenvalue weighted by Gasteiger charge is -2.31. The number of piperidine rings is 1. The van der Waals surface area contributed by atoms with Crippen LogP contribution in [0.1, 0.15) is 61.9 Å². The molecule has 6 rings (SSSR count). The van der Waals surface area contributed by atoms with Crippen LogP contribution in [-0.4, -0.2) is 34.7 Å². The Labute approximate surface area is 271 Å². The summed E-state index contributed by atoms with van der Waals surface area (Å²) >= 11 is 0. The molecule has 1 aliphatic rings. The van der Waals surface area contributed by atoms with E-state index >= 15 is 0 Å². The molecule has 7 nitrogen and oxygen atoms in total. The van der Waals surface area contributed by atoms with Gasteiger partial charge in [-0.05, 0) is 78.9 Å². The van der Waals surface area contributed by atoms with Gasteiger partial charge < -0.3 is 10.6 Å². The zero-order chi connectivity index (χ0) is 32.3. The standard InChI is InChI=1S/C39H43N5O2/c1-26-16-18-30(19-17-26)44-36(25-35(43-44)39(2,3)4)42-38(46)41-33-15-8-7-14-32(33)37(28-20-22-40-23-21-28)34(45)24-29-12-9-11-27-10-5-6-13-31(27)29/h5-19,25,28,37,40H,20-24H2,1-4H3,(H2,41,42,46). The number of benzene rings is 4. The van der Waals surface area contributed by atoms with Gasteiger partial charge in [-0.15, -0.1) is 0 Å². The van der Waals surface area contributed by atoms with Gasteiger partial charge in [0.15, 0.2) is 0 Å². The highest BCUT2D eigenvalue weighted by Crippen LogP contribution is 2.37. The molecule has 0 spiro atoms. The molecule has 0 radical (unpaired) electrons. The van der Waals surface area contributed by atoms with E-state index in [-0.39, 0.29) is 29.1 Å².